The summed E-state index contributed by atoms with van der Waals surface area (Å²) in [7, 11) is -1.01. The highest BCUT2D eigenvalue weighted by atomic mass is 32.1. The van der Waals surface area contributed by atoms with Crippen molar-refractivity contribution in [1.29, 1.82) is 0 Å². The van der Waals surface area contributed by atoms with Gasteiger partial charge in [-0.3, -0.25) is 0 Å². The molecule has 2 aromatic heterocycles. The van der Waals surface area contributed by atoms with Gasteiger partial charge in [0.2, 0.25) is 0 Å². The maximum atomic E-state index is 5.90. The number of nitrogens with zero attached hydrogens (tertiary/aromatic N) is 2. The molecule has 2 aromatic rings. The van der Waals surface area contributed by atoms with E-state index < -0.39 is 8.07 Å². The van der Waals surface area contributed by atoms with E-state index in [0.29, 0.717) is 6.73 Å². The van der Waals surface area contributed by atoms with Gasteiger partial charge in [-0.15, -0.1) is 11.3 Å². The van der Waals surface area contributed by atoms with Crippen molar-refractivity contribution in [3.05, 3.63) is 16.3 Å². The first-order chi connectivity index (χ1) is 9.33. The van der Waals surface area contributed by atoms with Crippen LogP contribution in [0.2, 0.25) is 25.7 Å². The van der Waals surface area contributed by atoms with Crippen molar-refractivity contribution in [2.45, 2.75) is 59.6 Å². The van der Waals surface area contributed by atoms with E-state index in [1.807, 2.05) is 11.3 Å². The van der Waals surface area contributed by atoms with Gasteiger partial charge in [-0.2, -0.15) is 0 Å². The van der Waals surface area contributed by atoms with Gasteiger partial charge in [0, 0.05) is 19.6 Å². The van der Waals surface area contributed by atoms with E-state index in [2.05, 4.69) is 50.0 Å². The lowest BCUT2D eigenvalue weighted by Gasteiger charge is -2.16. The fraction of sp³-hybridized carbons (Fsp3) is 0.667. The highest BCUT2D eigenvalue weighted by Crippen LogP contribution is 2.31. The van der Waals surface area contributed by atoms with Gasteiger partial charge in [0.15, 0.2) is 0 Å². The zero-order valence-corrected chi connectivity index (χ0v) is 15.4. The lowest BCUT2D eigenvalue weighted by atomic mass is 10.2. The number of thiophene rings is 1. The Morgan fingerprint density at radius 2 is 1.95 bits per heavy atom. The molecule has 5 heteroatoms. The molecule has 0 aromatic carbocycles. The summed E-state index contributed by atoms with van der Waals surface area (Å²) in [5.74, 6) is 1.06. The molecule has 0 aliphatic rings. The van der Waals surface area contributed by atoms with E-state index in [4.69, 9.17) is 4.74 Å². The third-order valence-corrected chi connectivity index (χ3v) is 6.68. The normalized spacial score (nSPS) is 12.5. The molecule has 0 saturated heterocycles. The first kappa shape index (κ1) is 15.7. The molecule has 0 atom stereocenters. The van der Waals surface area contributed by atoms with Crippen molar-refractivity contribution >= 4 is 29.8 Å². The van der Waals surface area contributed by atoms with E-state index in [9.17, 15) is 0 Å². The van der Waals surface area contributed by atoms with E-state index in [0.717, 1.165) is 23.7 Å². The fourth-order valence-electron chi connectivity index (χ4n) is 2.33. The molecule has 2 heterocycles. The Kier molecular flexibility index (Phi) is 4.72. The molecule has 0 spiro atoms. The van der Waals surface area contributed by atoms with Crippen molar-refractivity contribution in [1.82, 2.24) is 9.55 Å². The van der Waals surface area contributed by atoms with Crippen LogP contribution in [-0.4, -0.2) is 24.2 Å². The van der Waals surface area contributed by atoms with Crippen LogP contribution in [0, 0.1) is 13.8 Å². The zero-order chi connectivity index (χ0) is 14.9. The van der Waals surface area contributed by atoms with Crippen LogP contribution in [0.25, 0.3) is 10.3 Å². The number of hydrogen-bond donors (Lipinski definition) is 0. The molecule has 0 N–H and O–H groups in total. The van der Waals surface area contributed by atoms with Crippen LogP contribution >= 0.6 is 11.3 Å². The third-order valence-electron chi connectivity index (χ3n) is 3.66. The molecule has 0 bridgehead atoms. The summed E-state index contributed by atoms with van der Waals surface area (Å²) in [6, 6.07) is 1.21. The molecule has 3 nitrogen and oxygen atoms in total. The van der Waals surface area contributed by atoms with Crippen LogP contribution < -0.4 is 0 Å². The fourth-order valence-corrected chi connectivity index (χ4v) is 4.25. The summed E-state index contributed by atoms with van der Waals surface area (Å²) >= 11 is 1.82. The summed E-state index contributed by atoms with van der Waals surface area (Å²) in [4.78, 5) is 7.28. The number of imidazole rings is 1. The summed E-state index contributed by atoms with van der Waals surface area (Å²) in [6.07, 6.45) is 1.09. The van der Waals surface area contributed by atoms with Gasteiger partial charge < -0.3 is 9.30 Å². The molecule has 0 amide bonds. The van der Waals surface area contributed by atoms with Gasteiger partial charge in [-0.05, 0) is 31.9 Å². The van der Waals surface area contributed by atoms with E-state index in [-0.39, 0.29) is 0 Å². The van der Waals surface area contributed by atoms with Crippen LogP contribution in [0.5, 0.6) is 0 Å². The molecular formula is C15H26N2OSSi. The van der Waals surface area contributed by atoms with Crippen LogP contribution in [0.4, 0.5) is 0 Å². The second-order valence-electron chi connectivity index (χ2n) is 6.59. The van der Waals surface area contributed by atoms with Gasteiger partial charge in [0.05, 0.1) is 5.52 Å². The molecule has 112 valence electrons. The van der Waals surface area contributed by atoms with Crippen LogP contribution in [0.15, 0.2) is 0 Å². The number of aryl methyl sites for hydroxylation is 3. The smallest absolute Gasteiger partial charge is 0.142 e. The molecule has 20 heavy (non-hydrogen) atoms. The SMILES string of the molecule is CCc1sc2nc(C)n(COCC[Si](C)(C)C)c2c1C. The molecule has 0 fully saturated rings. The average Bonchev–Trinajstić information content (AvgIpc) is 2.81. The summed E-state index contributed by atoms with van der Waals surface area (Å²) in [6.45, 7) is 15.1. The summed E-state index contributed by atoms with van der Waals surface area (Å²) in [5, 5.41) is 0. The quantitative estimate of drug-likeness (QED) is 0.576. The number of fused-ring (bicyclic) bond motifs is 1. The Balaban J connectivity index is 2.13. The number of aromatic nitrogens is 2. The first-order valence-corrected chi connectivity index (χ1v) is 11.9. The maximum Gasteiger partial charge on any atom is 0.142 e. The Hall–Kier alpha value is -0.653. The minimum absolute atomic E-state index is 0.632. The number of rotatable bonds is 6. The van der Waals surface area contributed by atoms with Gasteiger partial charge >= 0.3 is 0 Å². The van der Waals surface area contributed by atoms with E-state index >= 15 is 0 Å². The topological polar surface area (TPSA) is 27.1 Å². The standard InChI is InChI=1S/C15H26N2OSSi/c1-7-13-11(2)14-15(19-13)16-12(3)17(14)10-18-8-9-20(4,5)6/h7-10H2,1-6H3. The zero-order valence-electron chi connectivity index (χ0n) is 13.5. The Morgan fingerprint density at radius 1 is 1.25 bits per heavy atom. The van der Waals surface area contributed by atoms with Gasteiger partial charge in [-0.1, -0.05) is 26.6 Å². The predicted molar refractivity (Wildman–Crippen MR) is 90.6 cm³/mol. The second-order valence-corrected chi connectivity index (χ2v) is 13.3. The third kappa shape index (κ3) is 3.32. The van der Waals surface area contributed by atoms with Crippen LogP contribution in [0.3, 0.4) is 0 Å². The van der Waals surface area contributed by atoms with Crippen molar-refractivity contribution in [2.24, 2.45) is 0 Å². The van der Waals surface area contributed by atoms with Gasteiger partial charge in [-0.25, -0.2) is 4.98 Å². The number of ether oxygens (including phenoxy) is 1. The molecule has 0 aliphatic heterocycles. The van der Waals surface area contributed by atoms with Crippen molar-refractivity contribution in [2.75, 3.05) is 6.61 Å². The van der Waals surface area contributed by atoms with Crippen LogP contribution in [0.1, 0.15) is 23.2 Å². The molecule has 0 radical (unpaired) electrons. The lowest BCUT2D eigenvalue weighted by Crippen LogP contribution is -2.22. The molecule has 0 saturated carbocycles. The first-order valence-electron chi connectivity index (χ1n) is 7.36. The van der Waals surface area contributed by atoms with E-state index in [1.165, 1.54) is 22.0 Å². The maximum absolute atomic E-state index is 5.90. The van der Waals surface area contributed by atoms with Crippen LogP contribution in [-0.2, 0) is 17.9 Å². The van der Waals surface area contributed by atoms with Crippen molar-refractivity contribution in [3.8, 4) is 0 Å². The highest BCUT2D eigenvalue weighted by molar-refractivity contribution is 7.18. The minimum atomic E-state index is -1.01. The lowest BCUT2D eigenvalue weighted by molar-refractivity contribution is 0.0884. The minimum Gasteiger partial charge on any atom is -0.361 e. The second kappa shape index (κ2) is 5.99. The summed E-state index contributed by atoms with van der Waals surface area (Å²) < 4.78 is 8.13. The van der Waals surface area contributed by atoms with Gasteiger partial charge in [0.25, 0.3) is 0 Å². The Labute approximate surface area is 127 Å². The Morgan fingerprint density at radius 3 is 2.55 bits per heavy atom. The van der Waals surface area contributed by atoms with Crippen molar-refractivity contribution in [3.63, 3.8) is 0 Å². The molecule has 0 unspecified atom stereocenters. The monoisotopic (exact) mass is 310 g/mol. The summed E-state index contributed by atoms with van der Waals surface area (Å²) in [5.41, 5.74) is 2.65. The predicted octanol–water partition coefficient (Wildman–Crippen LogP) is 4.59. The molecule has 2 rings (SSSR count). The van der Waals surface area contributed by atoms with Gasteiger partial charge in [0.1, 0.15) is 17.4 Å². The number of hydrogen-bond acceptors (Lipinski definition) is 3. The molecular weight excluding hydrogens is 284 g/mol. The largest absolute Gasteiger partial charge is 0.361 e. The van der Waals surface area contributed by atoms with E-state index in [1.54, 1.807) is 0 Å². The average molecular weight is 311 g/mol. The molecule has 0 aliphatic carbocycles. The highest BCUT2D eigenvalue weighted by Gasteiger charge is 2.16. The van der Waals surface area contributed by atoms with Crippen molar-refractivity contribution < 1.29 is 4.74 Å². The Bertz CT molecular complexity index is 595.